The van der Waals surface area contributed by atoms with E-state index in [-0.39, 0.29) is 12.5 Å². The highest BCUT2D eigenvalue weighted by Gasteiger charge is 2.41. The molecule has 0 aromatic heterocycles. The van der Waals surface area contributed by atoms with Gasteiger partial charge in [0.2, 0.25) is 17.7 Å². The Bertz CT molecular complexity index is 621. The number of hydrogen-bond acceptors (Lipinski definition) is 5. The van der Waals surface area contributed by atoms with E-state index in [9.17, 15) is 18.8 Å². The molecule has 0 radical (unpaired) electrons. The maximum absolute atomic E-state index is 13.3. The van der Waals surface area contributed by atoms with Gasteiger partial charge in [-0.2, -0.15) is 0 Å². The van der Waals surface area contributed by atoms with Crippen LogP contribution in [0.15, 0.2) is 12.3 Å². The van der Waals surface area contributed by atoms with Crippen LogP contribution in [0.25, 0.3) is 0 Å². The van der Waals surface area contributed by atoms with E-state index in [2.05, 4.69) is 22.5 Å². The van der Waals surface area contributed by atoms with Crippen LogP contribution in [-0.4, -0.2) is 67.1 Å². The zero-order valence-electron chi connectivity index (χ0n) is 16.7. The maximum Gasteiger partial charge on any atom is 0.244 e. The molecule has 5 N–H and O–H groups in total. The first-order valence-corrected chi connectivity index (χ1v) is 9.77. The molecule has 158 valence electrons. The second-order valence-corrected chi connectivity index (χ2v) is 8.05. The van der Waals surface area contributed by atoms with Gasteiger partial charge >= 0.3 is 0 Å². The van der Waals surface area contributed by atoms with Crippen LogP contribution in [0, 0.1) is 5.92 Å². The summed E-state index contributed by atoms with van der Waals surface area (Å²) in [6.07, 6.45) is 4.44. The number of carbonyl (C=O) groups excluding carboxylic acids is 3. The molecular weight excluding hydrogens is 365 g/mol. The molecule has 9 heteroatoms. The zero-order valence-corrected chi connectivity index (χ0v) is 16.7. The van der Waals surface area contributed by atoms with Crippen LogP contribution in [0.4, 0.5) is 4.39 Å². The minimum absolute atomic E-state index is 0.0767. The van der Waals surface area contributed by atoms with E-state index in [1.54, 1.807) is 0 Å². The summed E-state index contributed by atoms with van der Waals surface area (Å²) in [5, 5.41) is 7.97. The summed E-state index contributed by atoms with van der Waals surface area (Å²) in [5.74, 6) is -0.610. The van der Waals surface area contributed by atoms with Gasteiger partial charge in [0.1, 0.15) is 18.8 Å². The minimum Gasteiger partial charge on any atom is -0.380 e. The second kappa shape index (κ2) is 9.36. The van der Waals surface area contributed by atoms with Gasteiger partial charge in [-0.25, -0.2) is 4.39 Å². The highest BCUT2D eigenvalue weighted by atomic mass is 19.1. The Morgan fingerprint density at radius 1 is 1.32 bits per heavy atom. The number of nitrogens with one attached hydrogen (secondary N) is 3. The smallest absolute Gasteiger partial charge is 0.244 e. The summed E-state index contributed by atoms with van der Waals surface area (Å²) in [6, 6.07) is -1.93. The van der Waals surface area contributed by atoms with Crippen LogP contribution in [-0.2, 0) is 14.4 Å². The van der Waals surface area contributed by atoms with Crippen molar-refractivity contribution in [3.63, 3.8) is 0 Å². The van der Waals surface area contributed by atoms with E-state index < -0.39 is 36.1 Å². The largest absolute Gasteiger partial charge is 0.380 e. The van der Waals surface area contributed by atoms with E-state index in [1.165, 1.54) is 31.7 Å². The van der Waals surface area contributed by atoms with Crippen LogP contribution >= 0.6 is 0 Å². The summed E-state index contributed by atoms with van der Waals surface area (Å²) in [6.45, 7) is 4.85. The fraction of sp³-hybridized carbons (Fsp3) is 0.737. The van der Waals surface area contributed by atoms with Gasteiger partial charge in [0.05, 0.1) is 12.1 Å². The molecule has 0 aromatic rings. The monoisotopic (exact) mass is 397 g/mol. The molecule has 1 saturated heterocycles. The third kappa shape index (κ3) is 5.67. The molecule has 28 heavy (non-hydrogen) atoms. The van der Waals surface area contributed by atoms with Gasteiger partial charge in [-0.05, 0) is 44.9 Å². The summed E-state index contributed by atoms with van der Waals surface area (Å²) in [4.78, 5) is 38.9. The van der Waals surface area contributed by atoms with Gasteiger partial charge in [-0.15, -0.1) is 0 Å². The van der Waals surface area contributed by atoms with Crippen molar-refractivity contribution < 1.29 is 18.8 Å². The Kier molecular flexibility index (Phi) is 7.40. The lowest BCUT2D eigenvalue weighted by atomic mass is 9.93. The SMILES string of the molecule is C=C(CC1CC1)NCC(=O)N1CCC[C@H]1C(=O)N[C@@H](C(=O)NC)C(C)(N)CF. The van der Waals surface area contributed by atoms with Gasteiger partial charge < -0.3 is 26.6 Å². The number of alkyl halides is 1. The Morgan fingerprint density at radius 2 is 2.00 bits per heavy atom. The van der Waals surface area contributed by atoms with Crippen LogP contribution in [0.1, 0.15) is 39.0 Å². The molecule has 3 amide bonds. The van der Waals surface area contributed by atoms with Gasteiger partial charge in [0, 0.05) is 19.3 Å². The lowest BCUT2D eigenvalue weighted by Crippen LogP contribution is -2.65. The standard InChI is InChI=1S/C19H32FN5O3/c1-12(9-13-6-7-13)23-10-15(26)25-8-4-5-14(25)17(27)24-16(18(28)22-3)19(2,21)11-20/h13-14,16,23H,1,4-11,21H2,2-3H3,(H,22,28)(H,24,27)/t14-,16-,19?/m0/s1. The van der Waals surface area contributed by atoms with E-state index in [0.717, 1.165) is 12.1 Å². The quantitative estimate of drug-likeness (QED) is 0.407. The highest BCUT2D eigenvalue weighted by molar-refractivity contribution is 5.93. The zero-order chi connectivity index (χ0) is 20.9. The third-order valence-corrected chi connectivity index (χ3v) is 5.34. The lowest BCUT2D eigenvalue weighted by Gasteiger charge is -2.33. The number of halogens is 1. The van der Waals surface area contributed by atoms with Crippen molar-refractivity contribution in [1.82, 2.24) is 20.9 Å². The van der Waals surface area contributed by atoms with E-state index >= 15 is 0 Å². The Hall–Kier alpha value is -2.16. The average molecular weight is 397 g/mol. The first-order valence-electron chi connectivity index (χ1n) is 9.77. The summed E-state index contributed by atoms with van der Waals surface area (Å²) in [7, 11) is 1.39. The maximum atomic E-state index is 13.3. The third-order valence-electron chi connectivity index (χ3n) is 5.34. The molecule has 2 rings (SSSR count). The Balaban J connectivity index is 1.95. The first kappa shape index (κ1) is 22.1. The summed E-state index contributed by atoms with van der Waals surface area (Å²) >= 11 is 0. The van der Waals surface area contributed by atoms with Gasteiger partial charge in [-0.3, -0.25) is 14.4 Å². The molecule has 3 atom stereocenters. The number of nitrogens with two attached hydrogens (primary N) is 1. The lowest BCUT2D eigenvalue weighted by molar-refractivity contribution is -0.139. The van der Waals surface area contributed by atoms with Crippen LogP contribution in [0.2, 0.25) is 0 Å². The number of hydrogen-bond donors (Lipinski definition) is 4. The molecule has 0 aromatic carbocycles. The number of nitrogens with zero attached hydrogens (tertiary/aromatic N) is 1. The summed E-state index contributed by atoms with van der Waals surface area (Å²) in [5.41, 5.74) is 5.13. The number of likely N-dealkylation sites (tertiary alicyclic amines) is 1. The fourth-order valence-electron chi connectivity index (χ4n) is 3.37. The van der Waals surface area contributed by atoms with E-state index in [4.69, 9.17) is 5.73 Å². The molecule has 2 aliphatic rings. The molecule has 1 heterocycles. The first-order chi connectivity index (χ1) is 13.2. The molecule has 1 unspecified atom stereocenters. The van der Waals surface area contributed by atoms with Gasteiger partial charge in [-0.1, -0.05) is 6.58 Å². The topological polar surface area (TPSA) is 117 Å². The number of likely N-dealkylation sites (N-methyl/N-ethyl adjacent to an activating group) is 1. The fourth-order valence-corrected chi connectivity index (χ4v) is 3.37. The molecule has 2 fully saturated rings. The Morgan fingerprint density at radius 3 is 2.57 bits per heavy atom. The Labute approximate surface area is 165 Å². The minimum atomic E-state index is -1.55. The van der Waals surface area contributed by atoms with Crippen molar-refractivity contribution >= 4 is 17.7 Å². The van der Waals surface area contributed by atoms with E-state index in [0.29, 0.717) is 25.3 Å². The molecule has 1 aliphatic heterocycles. The van der Waals surface area contributed by atoms with Crippen LogP contribution < -0.4 is 21.7 Å². The van der Waals surface area contributed by atoms with Crippen molar-refractivity contribution in [2.45, 2.75) is 56.7 Å². The predicted octanol–water partition coefficient (Wildman–Crippen LogP) is -0.201. The number of carbonyl (C=O) groups is 3. The van der Waals surface area contributed by atoms with Crippen LogP contribution in [0.5, 0.6) is 0 Å². The summed E-state index contributed by atoms with van der Waals surface area (Å²) < 4.78 is 13.3. The van der Waals surface area contributed by atoms with Gasteiger partial charge in [0.25, 0.3) is 0 Å². The van der Waals surface area contributed by atoms with E-state index in [1.807, 2.05) is 0 Å². The van der Waals surface area contributed by atoms with Crippen molar-refractivity contribution in [3.05, 3.63) is 12.3 Å². The van der Waals surface area contributed by atoms with Crippen molar-refractivity contribution in [2.75, 3.05) is 26.8 Å². The number of rotatable bonds is 10. The average Bonchev–Trinajstić information content (AvgIpc) is 3.33. The normalized spacial score (nSPS) is 22.1. The second-order valence-electron chi connectivity index (χ2n) is 8.05. The molecule has 1 saturated carbocycles. The molecule has 0 bridgehead atoms. The number of amides is 3. The molecule has 0 spiro atoms. The van der Waals surface area contributed by atoms with Crippen molar-refractivity contribution in [3.8, 4) is 0 Å². The molecular formula is C19H32FN5O3. The van der Waals surface area contributed by atoms with Gasteiger partial charge in [0.15, 0.2) is 0 Å². The molecule has 8 nitrogen and oxygen atoms in total. The predicted molar refractivity (Wildman–Crippen MR) is 104 cm³/mol. The van der Waals surface area contributed by atoms with Crippen molar-refractivity contribution in [2.24, 2.45) is 11.7 Å². The van der Waals surface area contributed by atoms with Crippen LogP contribution in [0.3, 0.4) is 0 Å². The number of allylic oxidation sites excluding steroid dienone is 1. The highest BCUT2D eigenvalue weighted by Crippen LogP contribution is 2.34. The molecule has 1 aliphatic carbocycles. The van der Waals surface area contributed by atoms with Crippen molar-refractivity contribution in [1.29, 1.82) is 0 Å².